The largest absolute Gasteiger partial charge is 0.384 e. The minimum atomic E-state index is 0.723. The van der Waals surface area contributed by atoms with Gasteiger partial charge in [0, 0.05) is 32.8 Å². The van der Waals surface area contributed by atoms with Gasteiger partial charge in [-0.15, -0.1) is 0 Å². The van der Waals surface area contributed by atoms with Crippen molar-refractivity contribution >= 4 is 22.7 Å². The van der Waals surface area contributed by atoms with Gasteiger partial charge in [0.1, 0.15) is 11.6 Å². The second-order valence-electron chi connectivity index (χ2n) is 3.52. The van der Waals surface area contributed by atoms with Gasteiger partial charge in [-0.05, 0) is 6.92 Å². The summed E-state index contributed by atoms with van der Waals surface area (Å²) in [5.41, 5.74) is 11.1. The van der Waals surface area contributed by atoms with Gasteiger partial charge in [-0.2, -0.15) is 0 Å². The molecule has 0 aliphatic carbocycles. The number of hydrogen-bond acceptors (Lipinski definition) is 3. The molecule has 15 heavy (non-hydrogen) atoms. The van der Waals surface area contributed by atoms with Crippen molar-refractivity contribution < 1.29 is 0 Å². The van der Waals surface area contributed by atoms with E-state index in [4.69, 9.17) is 5.73 Å². The van der Waals surface area contributed by atoms with Crippen LogP contribution in [0.15, 0.2) is 12.1 Å². The van der Waals surface area contributed by atoms with Gasteiger partial charge in [0.25, 0.3) is 0 Å². The first-order valence-corrected chi connectivity index (χ1v) is 5.07. The summed E-state index contributed by atoms with van der Waals surface area (Å²) in [4.78, 5) is 0. The zero-order valence-corrected chi connectivity index (χ0v) is 9.33. The Balaban J connectivity index is 2.62. The Hall–Kier alpha value is -1.78. The molecule has 0 saturated carbocycles. The quantitative estimate of drug-likeness (QED) is 0.708. The normalized spacial score (nSPS) is 10.9. The van der Waals surface area contributed by atoms with Crippen LogP contribution in [0, 0.1) is 0 Å². The number of nitrogens with two attached hydrogens (primary N) is 1. The summed E-state index contributed by atoms with van der Waals surface area (Å²) in [6.45, 7) is 2.99. The SMILES string of the molecule is CCNc1cc2c(cc(N)n2NC)n1C. The summed E-state index contributed by atoms with van der Waals surface area (Å²) in [6.07, 6.45) is 0. The molecule has 5 heteroatoms. The summed E-state index contributed by atoms with van der Waals surface area (Å²) in [7, 11) is 3.88. The molecule has 0 bridgehead atoms. The van der Waals surface area contributed by atoms with Crippen molar-refractivity contribution in [3.05, 3.63) is 12.1 Å². The van der Waals surface area contributed by atoms with Crippen LogP contribution in [0.3, 0.4) is 0 Å². The number of nitrogens with one attached hydrogen (secondary N) is 2. The molecular formula is C10H17N5. The molecule has 0 saturated heterocycles. The van der Waals surface area contributed by atoms with E-state index >= 15 is 0 Å². The minimum absolute atomic E-state index is 0.723. The molecule has 2 aromatic heterocycles. The fourth-order valence-electron chi connectivity index (χ4n) is 1.90. The molecular weight excluding hydrogens is 190 g/mol. The van der Waals surface area contributed by atoms with Crippen molar-refractivity contribution in [1.82, 2.24) is 9.24 Å². The van der Waals surface area contributed by atoms with E-state index in [-0.39, 0.29) is 0 Å². The van der Waals surface area contributed by atoms with E-state index in [1.807, 2.05) is 24.8 Å². The first kappa shape index (κ1) is 9.76. The highest BCUT2D eigenvalue weighted by molar-refractivity contribution is 5.86. The van der Waals surface area contributed by atoms with Crippen LogP contribution >= 0.6 is 0 Å². The summed E-state index contributed by atoms with van der Waals surface area (Å²) in [5.74, 6) is 1.83. The number of fused-ring (bicyclic) bond motifs is 1. The maximum Gasteiger partial charge on any atom is 0.125 e. The standard InChI is InChI=1S/C10H17N5/c1-4-13-10-6-8-7(14(10)3)5-9(11)15(8)12-2/h5-6,12-13H,4,11H2,1-3H3. The number of nitrogens with zero attached hydrogens (tertiary/aromatic N) is 2. The predicted molar refractivity (Wildman–Crippen MR) is 64.8 cm³/mol. The molecule has 4 N–H and O–H groups in total. The molecule has 0 radical (unpaired) electrons. The first-order valence-electron chi connectivity index (χ1n) is 5.07. The van der Waals surface area contributed by atoms with Gasteiger partial charge in [0.05, 0.1) is 11.0 Å². The molecule has 82 valence electrons. The van der Waals surface area contributed by atoms with Crippen molar-refractivity contribution in [2.45, 2.75) is 6.92 Å². The van der Waals surface area contributed by atoms with Gasteiger partial charge >= 0.3 is 0 Å². The van der Waals surface area contributed by atoms with Crippen LogP contribution in [0.25, 0.3) is 11.0 Å². The monoisotopic (exact) mass is 207 g/mol. The highest BCUT2D eigenvalue weighted by Crippen LogP contribution is 2.26. The molecule has 0 amide bonds. The second kappa shape index (κ2) is 3.42. The van der Waals surface area contributed by atoms with Gasteiger partial charge in [0.2, 0.25) is 0 Å². The molecule has 2 heterocycles. The molecule has 0 aliphatic rings. The number of anilines is 2. The summed E-state index contributed by atoms with van der Waals surface area (Å²) in [5, 5.41) is 3.30. The summed E-state index contributed by atoms with van der Waals surface area (Å²) >= 11 is 0. The van der Waals surface area contributed by atoms with Gasteiger partial charge in [-0.1, -0.05) is 0 Å². The average molecular weight is 207 g/mol. The predicted octanol–water partition coefficient (Wildman–Crippen LogP) is 1.17. The second-order valence-corrected chi connectivity index (χ2v) is 3.52. The Morgan fingerprint density at radius 3 is 2.67 bits per heavy atom. The molecule has 2 aromatic rings. The van der Waals surface area contributed by atoms with E-state index < -0.39 is 0 Å². The van der Waals surface area contributed by atoms with E-state index in [1.165, 1.54) is 0 Å². The maximum atomic E-state index is 5.87. The number of rotatable bonds is 3. The lowest BCUT2D eigenvalue weighted by molar-refractivity contribution is 0.958. The van der Waals surface area contributed by atoms with Crippen LogP contribution in [-0.4, -0.2) is 22.8 Å². The number of aromatic nitrogens is 2. The summed E-state index contributed by atoms with van der Waals surface area (Å²) in [6, 6.07) is 4.05. The summed E-state index contributed by atoms with van der Waals surface area (Å²) < 4.78 is 3.97. The van der Waals surface area contributed by atoms with E-state index in [0.29, 0.717) is 0 Å². The molecule has 5 nitrogen and oxygen atoms in total. The fourth-order valence-corrected chi connectivity index (χ4v) is 1.90. The van der Waals surface area contributed by atoms with Gasteiger partial charge in [-0.3, -0.25) is 0 Å². The number of nitrogen functional groups attached to an aromatic ring is 1. The van der Waals surface area contributed by atoms with Gasteiger partial charge in [0.15, 0.2) is 0 Å². The van der Waals surface area contributed by atoms with Crippen LogP contribution < -0.4 is 16.5 Å². The van der Waals surface area contributed by atoms with Crippen molar-refractivity contribution in [3.8, 4) is 0 Å². The van der Waals surface area contributed by atoms with Crippen LogP contribution in [0.5, 0.6) is 0 Å². The molecule has 2 rings (SSSR count). The Labute approximate surface area is 88.8 Å². The third-order valence-corrected chi connectivity index (χ3v) is 2.62. The van der Waals surface area contributed by atoms with Crippen LogP contribution in [0.1, 0.15) is 6.92 Å². The number of aryl methyl sites for hydroxylation is 1. The molecule has 0 fully saturated rings. The van der Waals surface area contributed by atoms with Crippen molar-refractivity contribution in [2.24, 2.45) is 7.05 Å². The zero-order valence-electron chi connectivity index (χ0n) is 9.33. The highest BCUT2D eigenvalue weighted by Gasteiger charge is 2.11. The minimum Gasteiger partial charge on any atom is -0.384 e. The van der Waals surface area contributed by atoms with E-state index in [9.17, 15) is 0 Å². The van der Waals surface area contributed by atoms with Crippen LogP contribution in [0.4, 0.5) is 11.6 Å². The van der Waals surface area contributed by atoms with E-state index in [0.717, 1.165) is 29.2 Å². The first-order chi connectivity index (χ1) is 7.19. The fraction of sp³-hybridized carbons (Fsp3) is 0.400. The zero-order chi connectivity index (χ0) is 11.0. The molecule has 0 unspecified atom stereocenters. The lowest BCUT2D eigenvalue weighted by Gasteiger charge is -2.05. The molecule has 0 aromatic carbocycles. The lowest BCUT2D eigenvalue weighted by Crippen LogP contribution is -2.10. The highest BCUT2D eigenvalue weighted by atomic mass is 15.4. The van der Waals surface area contributed by atoms with Crippen LogP contribution in [0.2, 0.25) is 0 Å². The van der Waals surface area contributed by atoms with Crippen molar-refractivity contribution in [1.29, 1.82) is 0 Å². The third kappa shape index (κ3) is 1.31. The van der Waals surface area contributed by atoms with Crippen molar-refractivity contribution in [2.75, 3.05) is 30.1 Å². The van der Waals surface area contributed by atoms with Gasteiger partial charge in [-0.25, -0.2) is 4.68 Å². The van der Waals surface area contributed by atoms with Crippen molar-refractivity contribution in [3.63, 3.8) is 0 Å². The van der Waals surface area contributed by atoms with Crippen LogP contribution in [-0.2, 0) is 7.05 Å². The topological polar surface area (TPSA) is 59.9 Å². The Bertz CT molecular complexity index is 479. The smallest absolute Gasteiger partial charge is 0.125 e. The molecule has 0 atom stereocenters. The Kier molecular flexibility index (Phi) is 2.22. The lowest BCUT2D eigenvalue weighted by atomic mass is 10.5. The Morgan fingerprint density at radius 1 is 1.33 bits per heavy atom. The average Bonchev–Trinajstić information content (AvgIpc) is 2.66. The van der Waals surface area contributed by atoms with E-state index in [1.54, 1.807) is 0 Å². The van der Waals surface area contributed by atoms with Gasteiger partial charge < -0.3 is 21.0 Å². The molecule has 0 aliphatic heterocycles. The molecule has 0 spiro atoms. The third-order valence-electron chi connectivity index (χ3n) is 2.62. The maximum absolute atomic E-state index is 5.87. The van der Waals surface area contributed by atoms with E-state index in [2.05, 4.69) is 28.3 Å². The number of hydrogen-bond donors (Lipinski definition) is 3. The Morgan fingerprint density at radius 2 is 2.07 bits per heavy atom.